The maximum absolute atomic E-state index is 13.6. The van der Waals surface area contributed by atoms with Gasteiger partial charge in [0.2, 0.25) is 0 Å². The number of methoxy groups -OCH3 is 1. The first-order chi connectivity index (χ1) is 10.5. The van der Waals surface area contributed by atoms with Crippen molar-refractivity contribution in [1.29, 1.82) is 0 Å². The largest absolute Gasteiger partial charge is 0.494 e. The standard InChI is InChI=1S/C16H15F2NO3/c1-3-22-15-9-11(17)5-6-13(15)19-16(20)10-4-7-14(21-2)12(18)8-10/h4-9H,3H2,1-2H3,(H,19,20). The van der Waals surface area contributed by atoms with E-state index < -0.39 is 17.5 Å². The summed E-state index contributed by atoms with van der Waals surface area (Å²) in [6.07, 6.45) is 0. The molecule has 0 bridgehead atoms. The second-order valence-corrected chi connectivity index (χ2v) is 4.38. The zero-order valence-corrected chi connectivity index (χ0v) is 12.2. The molecule has 2 rings (SSSR count). The van der Waals surface area contributed by atoms with Crippen molar-refractivity contribution in [2.75, 3.05) is 19.0 Å². The van der Waals surface area contributed by atoms with E-state index in [9.17, 15) is 13.6 Å². The Morgan fingerprint density at radius 1 is 1.14 bits per heavy atom. The summed E-state index contributed by atoms with van der Waals surface area (Å²) in [6, 6.07) is 7.62. The highest BCUT2D eigenvalue weighted by Gasteiger charge is 2.13. The van der Waals surface area contributed by atoms with Crippen molar-refractivity contribution < 1.29 is 23.0 Å². The number of halogens is 2. The molecule has 116 valence electrons. The van der Waals surface area contributed by atoms with Gasteiger partial charge in [0.05, 0.1) is 19.4 Å². The lowest BCUT2D eigenvalue weighted by atomic mass is 10.2. The number of benzene rings is 2. The normalized spacial score (nSPS) is 10.2. The fourth-order valence-corrected chi connectivity index (χ4v) is 1.88. The predicted octanol–water partition coefficient (Wildman–Crippen LogP) is 3.62. The summed E-state index contributed by atoms with van der Waals surface area (Å²) in [4.78, 5) is 12.1. The van der Waals surface area contributed by atoms with E-state index in [2.05, 4.69) is 5.32 Å². The van der Waals surface area contributed by atoms with Gasteiger partial charge in [-0.05, 0) is 37.3 Å². The average Bonchev–Trinajstić information content (AvgIpc) is 2.50. The third-order valence-electron chi connectivity index (χ3n) is 2.91. The monoisotopic (exact) mass is 307 g/mol. The molecule has 0 unspecified atom stereocenters. The Morgan fingerprint density at radius 3 is 2.55 bits per heavy atom. The third-order valence-corrected chi connectivity index (χ3v) is 2.91. The second kappa shape index (κ2) is 6.89. The first-order valence-corrected chi connectivity index (χ1v) is 6.62. The van der Waals surface area contributed by atoms with Crippen LogP contribution in [0.15, 0.2) is 36.4 Å². The van der Waals surface area contributed by atoms with Crippen LogP contribution in [0.5, 0.6) is 11.5 Å². The molecule has 0 fully saturated rings. The van der Waals surface area contributed by atoms with Gasteiger partial charge in [0.1, 0.15) is 11.6 Å². The summed E-state index contributed by atoms with van der Waals surface area (Å²) in [7, 11) is 1.34. The molecule has 0 saturated carbocycles. The number of hydrogen-bond acceptors (Lipinski definition) is 3. The number of carbonyl (C=O) groups is 1. The van der Waals surface area contributed by atoms with Crippen LogP contribution < -0.4 is 14.8 Å². The van der Waals surface area contributed by atoms with Crippen LogP contribution in [0.1, 0.15) is 17.3 Å². The van der Waals surface area contributed by atoms with Crippen molar-refractivity contribution in [2.45, 2.75) is 6.92 Å². The minimum absolute atomic E-state index is 0.0494. The minimum atomic E-state index is -0.640. The molecule has 2 aromatic carbocycles. The van der Waals surface area contributed by atoms with E-state index in [0.717, 1.165) is 6.07 Å². The van der Waals surface area contributed by atoms with Gasteiger partial charge in [-0.1, -0.05) is 0 Å². The molecule has 4 nitrogen and oxygen atoms in total. The second-order valence-electron chi connectivity index (χ2n) is 4.38. The van der Waals surface area contributed by atoms with Crippen molar-refractivity contribution in [3.05, 3.63) is 53.6 Å². The molecule has 0 aliphatic heterocycles. The molecule has 1 N–H and O–H groups in total. The zero-order valence-electron chi connectivity index (χ0n) is 12.2. The van der Waals surface area contributed by atoms with Crippen LogP contribution in [0.3, 0.4) is 0 Å². The van der Waals surface area contributed by atoms with Gasteiger partial charge >= 0.3 is 0 Å². The Hall–Kier alpha value is -2.63. The Kier molecular flexibility index (Phi) is 4.93. The molecule has 0 saturated heterocycles. The van der Waals surface area contributed by atoms with Gasteiger partial charge in [-0.15, -0.1) is 0 Å². The van der Waals surface area contributed by atoms with Crippen LogP contribution in [-0.2, 0) is 0 Å². The van der Waals surface area contributed by atoms with Crippen molar-refractivity contribution in [3.63, 3.8) is 0 Å². The molecule has 6 heteroatoms. The topological polar surface area (TPSA) is 47.6 Å². The van der Waals surface area contributed by atoms with Crippen LogP contribution in [0.25, 0.3) is 0 Å². The van der Waals surface area contributed by atoms with Crippen molar-refractivity contribution in [3.8, 4) is 11.5 Å². The summed E-state index contributed by atoms with van der Waals surface area (Å²) >= 11 is 0. The lowest BCUT2D eigenvalue weighted by Gasteiger charge is -2.12. The highest BCUT2D eigenvalue weighted by Crippen LogP contribution is 2.26. The lowest BCUT2D eigenvalue weighted by Crippen LogP contribution is -2.13. The first kappa shape index (κ1) is 15.8. The summed E-state index contributed by atoms with van der Waals surface area (Å²) in [5, 5.41) is 2.57. The Morgan fingerprint density at radius 2 is 1.91 bits per heavy atom. The number of hydrogen-bond donors (Lipinski definition) is 1. The molecule has 2 aromatic rings. The number of carbonyl (C=O) groups excluding carboxylic acids is 1. The fraction of sp³-hybridized carbons (Fsp3) is 0.188. The molecule has 0 aromatic heterocycles. The Labute approximate surface area is 126 Å². The molecule has 0 aliphatic carbocycles. The lowest BCUT2D eigenvalue weighted by molar-refractivity contribution is 0.102. The summed E-state index contributed by atoms with van der Waals surface area (Å²) < 4.78 is 36.9. The van der Waals surface area contributed by atoms with Gasteiger partial charge in [0, 0.05) is 11.6 Å². The summed E-state index contributed by atoms with van der Waals surface area (Å²) in [5.41, 5.74) is 0.426. The van der Waals surface area contributed by atoms with E-state index in [0.29, 0.717) is 12.3 Å². The van der Waals surface area contributed by atoms with Gasteiger partial charge < -0.3 is 14.8 Å². The van der Waals surface area contributed by atoms with Crippen molar-refractivity contribution in [1.82, 2.24) is 0 Å². The quantitative estimate of drug-likeness (QED) is 0.917. The first-order valence-electron chi connectivity index (χ1n) is 6.62. The Balaban J connectivity index is 2.23. The number of ether oxygens (including phenoxy) is 2. The zero-order chi connectivity index (χ0) is 16.1. The van der Waals surface area contributed by atoms with Gasteiger partial charge in [0.15, 0.2) is 11.6 Å². The SMILES string of the molecule is CCOc1cc(F)ccc1NC(=O)c1ccc(OC)c(F)c1. The highest BCUT2D eigenvalue weighted by atomic mass is 19.1. The maximum Gasteiger partial charge on any atom is 0.255 e. The van der Waals surface area contributed by atoms with Gasteiger partial charge in [-0.3, -0.25) is 4.79 Å². The Bertz CT molecular complexity index is 689. The highest BCUT2D eigenvalue weighted by molar-refractivity contribution is 6.05. The fourth-order valence-electron chi connectivity index (χ4n) is 1.88. The van der Waals surface area contributed by atoms with Crippen LogP contribution in [-0.4, -0.2) is 19.6 Å². The molecule has 1 amide bonds. The molecule has 0 spiro atoms. The minimum Gasteiger partial charge on any atom is -0.494 e. The smallest absolute Gasteiger partial charge is 0.255 e. The van der Waals surface area contributed by atoms with E-state index in [1.807, 2.05) is 0 Å². The van der Waals surface area contributed by atoms with Crippen LogP contribution >= 0.6 is 0 Å². The third kappa shape index (κ3) is 3.52. The van der Waals surface area contributed by atoms with Gasteiger partial charge in [-0.2, -0.15) is 0 Å². The number of nitrogens with one attached hydrogen (secondary N) is 1. The van der Waals surface area contributed by atoms with Gasteiger partial charge in [-0.25, -0.2) is 8.78 Å². The summed E-state index contributed by atoms with van der Waals surface area (Å²) in [6.45, 7) is 2.07. The molecule has 22 heavy (non-hydrogen) atoms. The van der Waals surface area contributed by atoms with E-state index in [4.69, 9.17) is 9.47 Å². The van der Waals surface area contributed by atoms with Crippen LogP contribution in [0.2, 0.25) is 0 Å². The van der Waals surface area contributed by atoms with Gasteiger partial charge in [0.25, 0.3) is 5.91 Å². The predicted molar refractivity (Wildman–Crippen MR) is 78.5 cm³/mol. The molecule has 0 radical (unpaired) electrons. The molecular weight excluding hydrogens is 292 g/mol. The summed E-state index contributed by atoms with van der Waals surface area (Å²) in [5.74, 6) is -1.39. The molecule has 0 atom stereocenters. The van der Waals surface area contributed by atoms with Crippen molar-refractivity contribution in [2.24, 2.45) is 0 Å². The van der Waals surface area contributed by atoms with E-state index >= 15 is 0 Å². The van der Waals surface area contributed by atoms with Crippen LogP contribution in [0, 0.1) is 11.6 Å². The van der Waals surface area contributed by atoms with Crippen LogP contribution in [0.4, 0.5) is 14.5 Å². The molecular formula is C16H15F2NO3. The number of anilines is 1. The number of amides is 1. The number of rotatable bonds is 5. The average molecular weight is 307 g/mol. The molecule has 0 aliphatic rings. The van der Waals surface area contributed by atoms with Crippen molar-refractivity contribution >= 4 is 11.6 Å². The van der Waals surface area contributed by atoms with E-state index in [-0.39, 0.29) is 17.1 Å². The van der Waals surface area contributed by atoms with E-state index in [1.165, 1.54) is 37.4 Å². The van der Waals surface area contributed by atoms with E-state index in [1.54, 1.807) is 6.92 Å². The molecule has 0 heterocycles. The maximum atomic E-state index is 13.6.